The van der Waals surface area contributed by atoms with E-state index in [0.717, 1.165) is 32.5 Å². The standard InChI is InChI=1S/C28H36N4O3S/c1-15(2)28(10-9-17-7-8-21-18(12-17)25(30)32-31-21)14-22(33)24(26(34)35-28)36-23-11-16(3)20(29)13-19(23)27(4,5)6/h7-8,11-13,15,24H,9-10,14,29H2,1-6H3,(H3,30,31,32). The highest BCUT2D eigenvalue weighted by Crippen LogP contribution is 2.43. The third-order valence-corrected chi connectivity index (χ3v) is 8.53. The van der Waals surface area contributed by atoms with Crippen molar-refractivity contribution in [3.8, 4) is 0 Å². The Morgan fingerprint density at radius 2 is 1.92 bits per heavy atom. The number of ether oxygens (including phenoxy) is 1. The summed E-state index contributed by atoms with van der Waals surface area (Å²) >= 11 is 1.28. The van der Waals surface area contributed by atoms with Crippen molar-refractivity contribution in [2.24, 2.45) is 5.92 Å². The fourth-order valence-corrected chi connectivity index (χ4v) is 6.12. The zero-order valence-corrected chi connectivity index (χ0v) is 22.7. The highest BCUT2D eigenvalue weighted by molar-refractivity contribution is 8.01. The van der Waals surface area contributed by atoms with Gasteiger partial charge >= 0.3 is 5.97 Å². The van der Waals surface area contributed by atoms with Crippen LogP contribution in [0.15, 0.2) is 35.2 Å². The van der Waals surface area contributed by atoms with E-state index in [2.05, 4.69) is 31.0 Å². The van der Waals surface area contributed by atoms with Crippen LogP contribution in [0.5, 0.6) is 0 Å². The molecule has 1 saturated heterocycles. The molecule has 1 fully saturated rings. The van der Waals surface area contributed by atoms with Crippen LogP contribution < -0.4 is 11.5 Å². The summed E-state index contributed by atoms with van der Waals surface area (Å²) < 4.78 is 6.14. The third-order valence-electron chi connectivity index (χ3n) is 7.25. The number of aryl methyl sites for hydroxylation is 2. The second-order valence-corrected chi connectivity index (χ2v) is 12.4. The maximum atomic E-state index is 13.5. The van der Waals surface area contributed by atoms with E-state index in [1.165, 1.54) is 11.8 Å². The van der Waals surface area contributed by atoms with E-state index in [9.17, 15) is 9.59 Å². The Hall–Kier alpha value is -3.00. The van der Waals surface area contributed by atoms with Crippen molar-refractivity contribution < 1.29 is 14.3 Å². The molecule has 0 bridgehead atoms. The lowest BCUT2D eigenvalue weighted by Gasteiger charge is -2.41. The summed E-state index contributed by atoms with van der Waals surface area (Å²) in [5.41, 5.74) is 15.7. The molecule has 0 saturated carbocycles. The molecule has 2 aromatic carbocycles. The highest BCUT2D eigenvalue weighted by Gasteiger charge is 2.49. The fraction of sp³-hybridized carbons (Fsp3) is 0.464. The number of carbonyl (C=O) groups excluding carboxylic acids is 2. The molecule has 2 unspecified atom stereocenters. The maximum Gasteiger partial charge on any atom is 0.327 e. The zero-order valence-electron chi connectivity index (χ0n) is 21.9. The van der Waals surface area contributed by atoms with Gasteiger partial charge in [0.1, 0.15) is 5.60 Å². The van der Waals surface area contributed by atoms with E-state index in [4.69, 9.17) is 16.2 Å². The van der Waals surface area contributed by atoms with Gasteiger partial charge in [-0.3, -0.25) is 14.7 Å². The summed E-state index contributed by atoms with van der Waals surface area (Å²) in [5.74, 6) is -0.109. The van der Waals surface area contributed by atoms with Crippen molar-refractivity contribution in [1.29, 1.82) is 0 Å². The minimum Gasteiger partial charge on any atom is -0.457 e. The van der Waals surface area contributed by atoms with Gasteiger partial charge < -0.3 is 16.2 Å². The Labute approximate surface area is 216 Å². The Balaban J connectivity index is 1.55. The number of thioether (sulfide) groups is 1. The van der Waals surface area contributed by atoms with Crippen LogP contribution in [-0.2, 0) is 26.2 Å². The molecule has 0 spiro atoms. The van der Waals surface area contributed by atoms with Gasteiger partial charge in [0, 0.05) is 22.4 Å². The van der Waals surface area contributed by atoms with Crippen molar-refractivity contribution in [3.63, 3.8) is 0 Å². The first-order valence-corrected chi connectivity index (χ1v) is 13.2. The molecule has 4 rings (SSSR count). The van der Waals surface area contributed by atoms with E-state index < -0.39 is 16.8 Å². The summed E-state index contributed by atoms with van der Waals surface area (Å²) in [6, 6.07) is 9.89. The predicted molar refractivity (Wildman–Crippen MR) is 146 cm³/mol. The Kier molecular flexibility index (Phi) is 6.86. The van der Waals surface area contributed by atoms with E-state index in [0.29, 0.717) is 24.3 Å². The average molecular weight is 509 g/mol. The number of cyclic esters (lactones) is 1. The molecule has 8 heteroatoms. The number of nitrogens with zero attached hydrogens (tertiary/aromatic N) is 1. The third kappa shape index (κ3) is 4.96. The van der Waals surface area contributed by atoms with Crippen molar-refractivity contribution in [2.45, 2.75) is 82.0 Å². The molecule has 0 amide bonds. The molecule has 2 heterocycles. The number of nitrogens with two attached hydrogens (primary N) is 2. The number of Topliss-reactive ketones (excluding diaryl/α,β-unsaturated/α-hetero) is 1. The van der Waals surface area contributed by atoms with E-state index in [1.54, 1.807) is 0 Å². The van der Waals surface area contributed by atoms with Crippen LogP contribution >= 0.6 is 11.8 Å². The molecule has 0 radical (unpaired) electrons. The second-order valence-electron chi connectivity index (χ2n) is 11.2. The van der Waals surface area contributed by atoms with Gasteiger partial charge in [0.15, 0.2) is 16.9 Å². The number of fused-ring (bicyclic) bond motifs is 1. The molecule has 192 valence electrons. The number of hydrogen-bond acceptors (Lipinski definition) is 7. The van der Waals surface area contributed by atoms with Crippen molar-refractivity contribution in [2.75, 3.05) is 11.5 Å². The normalized spacial score (nSPS) is 20.8. The van der Waals surface area contributed by atoms with Crippen LogP contribution in [0.3, 0.4) is 0 Å². The monoisotopic (exact) mass is 508 g/mol. The number of rotatable bonds is 6. The zero-order chi connectivity index (χ0) is 26.4. The molecular formula is C28H36N4O3S. The van der Waals surface area contributed by atoms with E-state index >= 15 is 0 Å². The summed E-state index contributed by atoms with van der Waals surface area (Å²) in [6.07, 6.45) is 1.41. The number of nitrogen functional groups attached to an aromatic ring is 2. The molecule has 7 nitrogen and oxygen atoms in total. The molecular weight excluding hydrogens is 472 g/mol. The number of anilines is 2. The van der Waals surface area contributed by atoms with Crippen molar-refractivity contribution >= 4 is 45.9 Å². The first kappa shape index (κ1) is 26.1. The highest BCUT2D eigenvalue weighted by atomic mass is 32.2. The van der Waals surface area contributed by atoms with Gasteiger partial charge in [0.05, 0.1) is 5.52 Å². The van der Waals surface area contributed by atoms with Crippen LogP contribution in [0.4, 0.5) is 11.5 Å². The van der Waals surface area contributed by atoms with Crippen LogP contribution in [0.25, 0.3) is 10.9 Å². The minimum atomic E-state index is -0.886. The summed E-state index contributed by atoms with van der Waals surface area (Å²) in [6.45, 7) is 12.2. The van der Waals surface area contributed by atoms with Gasteiger partial charge in [-0.1, -0.05) is 40.7 Å². The van der Waals surface area contributed by atoms with Crippen molar-refractivity contribution in [1.82, 2.24) is 10.2 Å². The molecule has 36 heavy (non-hydrogen) atoms. The summed E-state index contributed by atoms with van der Waals surface area (Å²) in [7, 11) is 0. The quantitative estimate of drug-likeness (QED) is 0.233. The lowest BCUT2D eigenvalue weighted by Crippen LogP contribution is -2.52. The van der Waals surface area contributed by atoms with Crippen molar-refractivity contribution in [3.05, 3.63) is 47.0 Å². The van der Waals surface area contributed by atoms with Gasteiger partial charge in [-0.15, -0.1) is 11.8 Å². The Morgan fingerprint density at radius 3 is 2.56 bits per heavy atom. The molecule has 0 aliphatic carbocycles. The lowest BCUT2D eigenvalue weighted by atomic mass is 9.78. The maximum absolute atomic E-state index is 13.5. The molecule has 1 aliphatic heterocycles. The fourth-order valence-electron chi connectivity index (χ4n) is 4.77. The number of H-pyrrole nitrogens is 1. The van der Waals surface area contributed by atoms with Gasteiger partial charge in [-0.05, 0) is 72.1 Å². The first-order valence-electron chi connectivity index (χ1n) is 12.4. The summed E-state index contributed by atoms with van der Waals surface area (Å²) in [4.78, 5) is 27.7. The SMILES string of the molecule is Cc1cc(SC2C(=O)CC(CCc3ccc4[nH]nc(N)c4c3)(C(C)C)OC2=O)c(C(C)(C)C)cc1N. The van der Waals surface area contributed by atoms with Gasteiger partial charge in [0.2, 0.25) is 0 Å². The molecule has 5 N–H and O–H groups in total. The topological polar surface area (TPSA) is 124 Å². The molecule has 1 aromatic heterocycles. The number of aromatic amines is 1. The minimum absolute atomic E-state index is 0.0111. The van der Waals surface area contributed by atoms with Crippen LogP contribution in [0.1, 0.15) is 64.2 Å². The van der Waals surface area contributed by atoms with Gasteiger partial charge in [0.25, 0.3) is 0 Å². The lowest BCUT2D eigenvalue weighted by molar-refractivity contribution is -0.176. The number of nitrogens with one attached hydrogen (secondary N) is 1. The predicted octanol–water partition coefficient (Wildman–Crippen LogP) is 5.34. The van der Waals surface area contributed by atoms with Crippen LogP contribution in [0, 0.1) is 12.8 Å². The number of hydrogen-bond donors (Lipinski definition) is 3. The largest absolute Gasteiger partial charge is 0.457 e. The number of aromatic nitrogens is 2. The van der Waals surface area contributed by atoms with Crippen LogP contribution in [-0.4, -0.2) is 32.8 Å². The number of ketones is 1. The Bertz CT molecular complexity index is 1300. The number of benzene rings is 2. The number of esters is 1. The van der Waals surface area contributed by atoms with E-state index in [-0.39, 0.29) is 23.5 Å². The van der Waals surface area contributed by atoms with E-state index in [1.807, 2.05) is 51.1 Å². The average Bonchev–Trinajstić information content (AvgIpc) is 3.16. The van der Waals surface area contributed by atoms with Crippen LogP contribution in [0.2, 0.25) is 0 Å². The van der Waals surface area contributed by atoms with Gasteiger partial charge in [-0.25, -0.2) is 0 Å². The molecule has 2 atom stereocenters. The smallest absolute Gasteiger partial charge is 0.327 e. The molecule has 1 aliphatic rings. The Morgan fingerprint density at radius 1 is 1.19 bits per heavy atom. The number of carbonyl (C=O) groups is 2. The summed E-state index contributed by atoms with van der Waals surface area (Å²) in [5, 5.41) is 6.94. The van der Waals surface area contributed by atoms with Gasteiger partial charge in [-0.2, -0.15) is 5.10 Å². The molecule has 3 aromatic rings. The second kappa shape index (κ2) is 9.47. The first-order chi connectivity index (χ1) is 16.8.